The average Bonchev–Trinajstić information content (AvgIpc) is 2.29. The van der Waals surface area contributed by atoms with Crippen molar-refractivity contribution < 1.29 is 14.7 Å². The second kappa shape index (κ2) is 8.29. The van der Waals surface area contributed by atoms with Crippen LogP contribution in [0.1, 0.15) is 50.0 Å². The van der Waals surface area contributed by atoms with E-state index in [1.165, 1.54) is 6.07 Å². The van der Waals surface area contributed by atoms with Crippen molar-refractivity contribution >= 4 is 17.6 Å². The molecule has 0 bridgehead atoms. The van der Waals surface area contributed by atoms with Gasteiger partial charge in [-0.25, -0.2) is 4.79 Å². The lowest BCUT2D eigenvalue weighted by Gasteiger charge is -2.10. The number of aromatic carboxylic acids is 1. The number of hydrogen-bond acceptors (Lipinski definition) is 2. The molecule has 4 heteroatoms. The number of hydrogen-bond donors (Lipinski definition) is 2. The number of amides is 1. The highest BCUT2D eigenvalue weighted by atomic mass is 16.4. The van der Waals surface area contributed by atoms with Crippen molar-refractivity contribution in [2.75, 3.05) is 5.32 Å². The van der Waals surface area contributed by atoms with Gasteiger partial charge in [0.05, 0.1) is 11.3 Å². The van der Waals surface area contributed by atoms with Gasteiger partial charge >= 0.3 is 5.97 Å². The molecule has 0 aliphatic heterocycles. The zero-order chi connectivity index (χ0) is 15.0. The number of carboxylic acid groups (broad SMARTS) is 1. The van der Waals surface area contributed by atoms with Gasteiger partial charge < -0.3 is 10.4 Å². The molecule has 106 valence electrons. The van der Waals surface area contributed by atoms with E-state index in [2.05, 4.69) is 5.32 Å². The van der Waals surface area contributed by atoms with Gasteiger partial charge in [0.2, 0.25) is 5.91 Å². The maximum Gasteiger partial charge on any atom is 0.337 e. The Morgan fingerprint density at radius 3 is 2.32 bits per heavy atom. The van der Waals surface area contributed by atoms with E-state index in [9.17, 15) is 9.59 Å². The van der Waals surface area contributed by atoms with E-state index in [4.69, 9.17) is 5.11 Å². The first-order valence-electron chi connectivity index (χ1n) is 6.54. The van der Waals surface area contributed by atoms with Crippen molar-refractivity contribution in [2.24, 2.45) is 5.92 Å². The third kappa shape index (κ3) is 6.04. The lowest BCUT2D eigenvalue weighted by molar-refractivity contribution is -0.116. The zero-order valence-electron chi connectivity index (χ0n) is 12.3. The number of aryl methyl sites for hydroxylation is 1. The Labute approximate surface area is 114 Å². The fourth-order valence-corrected chi connectivity index (χ4v) is 1.52. The Morgan fingerprint density at radius 2 is 1.84 bits per heavy atom. The van der Waals surface area contributed by atoms with Gasteiger partial charge in [0.25, 0.3) is 0 Å². The predicted octanol–water partition coefficient (Wildman–Crippen LogP) is 3.70. The molecule has 0 radical (unpaired) electrons. The largest absolute Gasteiger partial charge is 0.478 e. The first-order valence-corrected chi connectivity index (χ1v) is 6.54. The summed E-state index contributed by atoms with van der Waals surface area (Å²) in [5, 5.41) is 11.6. The van der Waals surface area contributed by atoms with E-state index >= 15 is 0 Å². The van der Waals surface area contributed by atoms with E-state index in [1.807, 2.05) is 34.6 Å². The van der Waals surface area contributed by atoms with Crippen LogP contribution < -0.4 is 5.32 Å². The molecule has 0 aliphatic carbocycles. The summed E-state index contributed by atoms with van der Waals surface area (Å²) in [5.41, 5.74) is 1.39. The van der Waals surface area contributed by atoms with Crippen molar-refractivity contribution in [2.45, 2.75) is 41.0 Å². The van der Waals surface area contributed by atoms with E-state index in [0.717, 1.165) is 5.56 Å². The number of anilines is 1. The van der Waals surface area contributed by atoms with Crippen LogP contribution >= 0.6 is 0 Å². The fourth-order valence-electron chi connectivity index (χ4n) is 1.52. The molecule has 0 fully saturated rings. The third-order valence-corrected chi connectivity index (χ3v) is 2.27. The molecule has 0 saturated carbocycles. The number of carbonyl (C=O) groups excluding carboxylic acids is 1. The third-order valence-electron chi connectivity index (χ3n) is 2.27. The lowest BCUT2D eigenvalue weighted by atomic mass is 10.1. The minimum absolute atomic E-state index is 0.118. The van der Waals surface area contributed by atoms with Crippen molar-refractivity contribution in [3.05, 3.63) is 29.3 Å². The first-order chi connectivity index (χ1) is 8.90. The van der Waals surface area contributed by atoms with E-state index in [0.29, 0.717) is 12.1 Å². The molecule has 1 aromatic rings. The Hall–Kier alpha value is -1.84. The molecule has 0 spiro atoms. The minimum atomic E-state index is -1.04. The molecule has 0 heterocycles. The van der Waals surface area contributed by atoms with Crippen LogP contribution in [-0.4, -0.2) is 17.0 Å². The lowest BCUT2D eigenvalue weighted by Crippen LogP contribution is -2.16. The predicted molar refractivity (Wildman–Crippen MR) is 77.6 cm³/mol. The maximum atomic E-state index is 11.6. The Morgan fingerprint density at radius 1 is 1.26 bits per heavy atom. The smallest absolute Gasteiger partial charge is 0.337 e. The van der Waals surface area contributed by atoms with Gasteiger partial charge in [0.15, 0.2) is 0 Å². The van der Waals surface area contributed by atoms with Crippen LogP contribution in [0.5, 0.6) is 0 Å². The van der Waals surface area contributed by atoms with Gasteiger partial charge in [-0.2, -0.15) is 0 Å². The molecular formula is C15H23NO3. The number of benzene rings is 1. The van der Waals surface area contributed by atoms with Crippen LogP contribution in [0.3, 0.4) is 0 Å². The number of carboxylic acids is 1. The Kier molecular flexibility index (Phi) is 7.49. The topological polar surface area (TPSA) is 66.4 Å². The van der Waals surface area contributed by atoms with Gasteiger partial charge in [-0.15, -0.1) is 0 Å². The van der Waals surface area contributed by atoms with Gasteiger partial charge in [0.1, 0.15) is 0 Å². The van der Waals surface area contributed by atoms with Gasteiger partial charge in [-0.05, 0) is 30.5 Å². The minimum Gasteiger partial charge on any atom is -0.478 e. The Bertz CT molecular complexity index is 439. The molecule has 4 nitrogen and oxygen atoms in total. The molecule has 1 amide bonds. The molecular weight excluding hydrogens is 242 g/mol. The SMILES string of the molecule is CC.Cc1ccc(C(=O)O)c(NC(=O)CC(C)C)c1. The molecule has 0 atom stereocenters. The normalized spacial score (nSPS) is 9.58. The molecule has 1 rings (SSSR count). The van der Waals surface area contributed by atoms with Gasteiger partial charge in [-0.3, -0.25) is 4.79 Å². The molecule has 1 aromatic carbocycles. The summed E-state index contributed by atoms with van der Waals surface area (Å²) in [7, 11) is 0. The van der Waals surface area contributed by atoms with Gasteiger partial charge in [-0.1, -0.05) is 33.8 Å². The number of rotatable bonds is 4. The second-order valence-corrected chi connectivity index (χ2v) is 4.50. The Balaban J connectivity index is 0.00000154. The number of nitrogens with one attached hydrogen (secondary N) is 1. The van der Waals surface area contributed by atoms with Crippen LogP contribution in [0.15, 0.2) is 18.2 Å². The molecule has 0 aliphatic rings. The number of carbonyl (C=O) groups is 2. The van der Waals surface area contributed by atoms with E-state index in [-0.39, 0.29) is 17.4 Å². The monoisotopic (exact) mass is 265 g/mol. The molecule has 0 saturated heterocycles. The summed E-state index contributed by atoms with van der Waals surface area (Å²) in [6.07, 6.45) is 0.382. The summed E-state index contributed by atoms with van der Waals surface area (Å²) in [6, 6.07) is 4.88. The molecule has 19 heavy (non-hydrogen) atoms. The fraction of sp³-hybridized carbons (Fsp3) is 0.467. The molecule has 0 aromatic heterocycles. The summed E-state index contributed by atoms with van der Waals surface area (Å²) in [5.74, 6) is -0.953. The van der Waals surface area contributed by atoms with Crippen molar-refractivity contribution in [1.82, 2.24) is 0 Å². The maximum absolute atomic E-state index is 11.6. The van der Waals surface area contributed by atoms with Crippen molar-refractivity contribution in [3.63, 3.8) is 0 Å². The van der Waals surface area contributed by atoms with E-state index < -0.39 is 5.97 Å². The highest BCUT2D eigenvalue weighted by molar-refractivity contribution is 6.00. The quantitative estimate of drug-likeness (QED) is 0.872. The molecule has 0 unspecified atom stereocenters. The molecule has 2 N–H and O–H groups in total. The summed E-state index contributed by atoms with van der Waals surface area (Å²) >= 11 is 0. The highest BCUT2D eigenvalue weighted by Gasteiger charge is 2.13. The summed E-state index contributed by atoms with van der Waals surface area (Å²) in [4.78, 5) is 22.6. The van der Waals surface area contributed by atoms with Crippen LogP contribution in [0.4, 0.5) is 5.69 Å². The van der Waals surface area contributed by atoms with Crippen LogP contribution in [-0.2, 0) is 4.79 Å². The standard InChI is InChI=1S/C13H17NO3.C2H6/c1-8(2)6-12(15)14-11-7-9(3)4-5-10(11)13(16)17;1-2/h4-5,7-8H,6H2,1-3H3,(H,14,15)(H,16,17);1-2H3. The summed E-state index contributed by atoms with van der Waals surface area (Å²) < 4.78 is 0. The van der Waals surface area contributed by atoms with Crippen LogP contribution in [0, 0.1) is 12.8 Å². The van der Waals surface area contributed by atoms with Crippen molar-refractivity contribution in [1.29, 1.82) is 0 Å². The summed E-state index contributed by atoms with van der Waals surface area (Å²) in [6.45, 7) is 9.73. The first kappa shape index (κ1) is 17.2. The van der Waals surface area contributed by atoms with E-state index in [1.54, 1.807) is 12.1 Å². The second-order valence-electron chi connectivity index (χ2n) is 4.50. The zero-order valence-corrected chi connectivity index (χ0v) is 12.3. The van der Waals surface area contributed by atoms with Crippen LogP contribution in [0.2, 0.25) is 0 Å². The van der Waals surface area contributed by atoms with Gasteiger partial charge in [0, 0.05) is 6.42 Å². The van der Waals surface area contributed by atoms with Crippen LogP contribution in [0.25, 0.3) is 0 Å². The van der Waals surface area contributed by atoms with Crippen molar-refractivity contribution in [3.8, 4) is 0 Å². The highest BCUT2D eigenvalue weighted by Crippen LogP contribution is 2.18. The average molecular weight is 265 g/mol.